The standard InChI is InChI=1S/C26H18F4N2O4/c27-18-7-9-21(10-8-18)35-15-22-11-12-23(36-22)25(34)32-19-5-1-3-16(13-19)24(33)31-20-6-2-4-17(14-20)26(28,29)30/h1-14H,15H2,(H,31,33)(H,32,34). The Bertz CT molecular complexity index is 1380. The van der Waals surface area contributed by atoms with Gasteiger partial charge in [-0.05, 0) is 72.8 Å². The summed E-state index contributed by atoms with van der Waals surface area (Å²) in [7, 11) is 0. The highest BCUT2D eigenvalue weighted by atomic mass is 19.4. The second kappa shape index (κ2) is 10.3. The van der Waals surface area contributed by atoms with Crippen LogP contribution in [0.1, 0.15) is 32.2 Å². The molecule has 0 saturated heterocycles. The van der Waals surface area contributed by atoms with Gasteiger partial charge in [-0.15, -0.1) is 0 Å². The summed E-state index contributed by atoms with van der Waals surface area (Å²) in [4.78, 5) is 25.1. The van der Waals surface area contributed by atoms with Gasteiger partial charge in [0.05, 0.1) is 5.56 Å². The molecular formula is C26H18F4N2O4. The Morgan fingerprint density at radius 1 is 0.806 bits per heavy atom. The largest absolute Gasteiger partial charge is 0.486 e. The predicted molar refractivity (Wildman–Crippen MR) is 123 cm³/mol. The summed E-state index contributed by atoms with van der Waals surface area (Å²) >= 11 is 0. The SMILES string of the molecule is O=C(Nc1cccc(C(F)(F)F)c1)c1cccc(NC(=O)c2ccc(COc3ccc(F)cc3)o2)c1. The average Bonchev–Trinajstić information content (AvgIpc) is 3.33. The van der Waals surface area contributed by atoms with E-state index in [1.165, 1.54) is 60.7 Å². The monoisotopic (exact) mass is 498 g/mol. The summed E-state index contributed by atoms with van der Waals surface area (Å²) in [5.74, 6) is -0.845. The van der Waals surface area contributed by atoms with Crippen molar-refractivity contribution in [1.82, 2.24) is 0 Å². The molecule has 0 aliphatic heterocycles. The van der Waals surface area contributed by atoms with Gasteiger partial charge in [0.15, 0.2) is 5.76 Å². The van der Waals surface area contributed by atoms with Crippen molar-refractivity contribution in [1.29, 1.82) is 0 Å². The number of furan rings is 1. The molecule has 0 aliphatic rings. The van der Waals surface area contributed by atoms with E-state index in [4.69, 9.17) is 9.15 Å². The van der Waals surface area contributed by atoms with E-state index < -0.39 is 29.4 Å². The Labute approximate surface area is 202 Å². The number of halogens is 4. The van der Waals surface area contributed by atoms with E-state index in [0.717, 1.165) is 12.1 Å². The van der Waals surface area contributed by atoms with Crippen LogP contribution in [-0.4, -0.2) is 11.8 Å². The number of carbonyl (C=O) groups excluding carboxylic acids is 2. The third kappa shape index (κ3) is 6.29. The smallest absolute Gasteiger partial charge is 0.416 e. The Kier molecular flexibility index (Phi) is 7.05. The summed E-state index contributed by atoms with van der Waals surface area (Å²) in [5.41, 5.74) is -0.507. The van der Waals surface area contributed by atoms with Gasteiger partial charge in [0.2, 0.25) is 0 Å². The van der Waals surface area contributed by atoms with Gasteiger partial charge in [-0.25, -0.2) is 4.39 Å². The summed E-state index contributed by atoms with van der Waals surface area (Å²) in [5, 5.41) is 5.01. The summed E-state index contributed by atoms with van der Waals surface area (Å²) in [6.07, 6.45) is -4.54. The molecule has 0 atom stereocenters. The molecule has 0 fully saturated rings. The Morgan fingerprint density at radius 2 is 1.47 bits per heavy atom. The van der Waals surface area contributed by atoms with E-state index in [1.54, 1.807) is 12.1 Å². The zero-order valence-corrected chi connectivity index (χ0v) is 18.4. The van der Waals surface area contributed by atoms with Crippen molar-refractivity contribution in [2.24, 2.45) is 0 Å². The molecule has 6 nitrogen and oxygen atoms in total. The number of benzene rings is 3. The minimum Gasteiger partial charge on any atom is -0.486 e. The van der Waals surface area contributed by atoms with Crippen LogP contribution in [0.3, 0.4) is 0 Å². The number of alkyl halides is 3. The van der Waals surface area contributed by atoms with E-state index in [1.807, 2.05) is 0 Å². The molecule has 1 aromatic heterocycles. The molecule has 4 aromatic rings. The van der Waals surface area contributed by atoms with E-state index in [2.05, 4.69) is 10.6 Å². The average molecular weight is 498 g/mol. The van der Waals surface area contributed by atoms with Crippen LogP contribution >= 0.6 is 0 Å². The Hall–Kier alpha value is -4.60. The molecule has 0 radical (unpaired) electrons. The number of hydrogen-bond donors (Lipinski definition) is 2. The molecule has 4 rings (SSSR count). The Morgan fingerprint density at radius 3 is 2.19 bits per heavy atom. The van der Waals surface area contributed by atoms with Gasteiger partial charge in [0, 0.05) is 16.9 Å². The first-order valence-corrected chi connectivity index (χ1v) is 10.5. The third-order valence-corrected chi connectivity index (χ3v) is 4.91. The molecule has 3 aromatic carbocycles. The molecule has 2 amide bonds. The quantitative estimate of drug-likeness (QED) is 0.284. The van der Waals surface area contributed by atoms with Gasteiger partial charge in [-0.2, -0.15) is 13.2 Å². The first-order valence-electron chi connectivity index (χ1n) is 10.5. The van der Waals surface area contributed by atoms with Gasteiger partial charge >= 0.3 is 6.18 Å². The lowest BCUT2D eigenvalue weighted by Crippen LogP contribution is -2.15. The first kappa shape index (κ1) is 24.5. The van der Waals surface area contributed by atoms with Gasteiger partial charge in [0.1, 0.15) is 23.9 Å². The number of ether oxygens (including phenoxy) is 1. The molecule has 2 N–H and O–H groups in total. The molecular weight excluding hydrogens is 480 g/mol. The van der Waals surface area contributed by atoms with Crippen LogP contribution in [0.5, 0.6) is 5.75 Å². The molecule has 1 heterocycles. The van der Waals surface area contributed by atoms with Crippen molar-refractivity contribution in [3.8, 4) is 5.75 Å². The molecule has 36 heavy (non-hydrogen) atoms. The van der Waals surface area contributed by atoms with Crippen molar-refractivity contribution < 1.29 is 36.3 Å². The summed E-state index contributed by atoms with van der Waals surface area (Å²) in [6.45, 7) is 0.0180. The number of hydrogen-bond acceptors (Lipinski definition) is 4. The number of anilines is 2. The van der Waals surface area contributed by atoms with Gasteiger partial charge in [0.25, 0.3) is 11.8 Å². The third-order valence-electron chi connectivity index (χ3n) is 4.91. The van der Waals surface area contributed by atoms with Crippen molar-refractivity contribution in [2.75, 3.05) is 10.6 Å². The molecule has 10 heteroatoms. The maximum Gasteiger partial charge on any atom is 0.416 e. The summed E-state index contributed by atoms with van der Waals surface area (Å²) < 4.78 is 62.6. The zero-order chi connectivity index (χ0) is 25.7. The highest BCUT2D eigenvalue weighted by Crippen LogP contribution is 2.30. The highest BCUT2D eigenvalue weighted by Gasteiger charge is 2.30. The van der Waals surface area contributed by atoms with E-state index in [9.17, 15) is 27.2 Å². The van der Waals surface area contributed by atoms with Crippen LogP contribution in [-0.2, 0) is 12.8 Å². The molecule has 0 aliphatic carbocycles. The highest BCUT2D eigenvalue weighted by molar-refractivity contribution is 6.06. The zero-order valence-electron chi connectivity index (χ0n) is 18.4. The molecule has 184 valence electrons. The lowest BCUT2D eigenvalue weighted by atomic mass is 10.1. The molecule has 0 unspecified atom stereocenters. The second-order valence-corrected chi connectivity index (χ2v) is 7.58. The van der Waals surface area contributed by atoms with Crippen LogP contribution in [0.4, 0.5) is 28.9 Å². The predicted octanol–water partition coefficient (Wildman–Crippen LogP) is 6.52. The fraction of sp³-hybridized carbons (Fsp3) is 0.0769. The van der Waals surface area contributed by atoms with E-state index >= 15 is 0 Å². The van der Waals surface area contributed by atoms with Crippen LogP contribution in [0.2, 0.25) is 0 Å². The van der Waals surface area contributed by atoms with Crippen molar-refractivity contribution in [2.45, 2.75) is 12.8 Å². The van der Waals surface area contributed by atoms with Crippen LogP contribution in [0, 0.1) is 5.82 Å². The van der Waals surface area contributed by atoms with E-state index in [-0.39, 0.29) is 29.3 Å². The summed E-state index contributed by atoms with van der Waals surface area (Å²) in [6, 6.07) is 18.6. The lowest BCUT2D eigenvalue weighted by molar-refractivity contribution is -0.137. The maximum atomic E-state index is 13.0. The van der Waals surface area contributed by atoms with Crippen molar-refractivity contribution >= 4 is 23.2 Å². The van der Waals surface area contributed by atoms with Gasteiger partial charge in [-0.1, -0.05) is 12.1 Å². The van der Waals surface area contributed by atoms with Gasteiger partial charge < -0.3 is 19.8 Å². The van der Waals surface area contributed by atoms with Crippen LogP contribution in [0.15, 0.2) is 89.3 Å². The van der Waals surface area contributed by atoms with Gasteiger partial charge in [-0.3, -0.25) is 9.59 Å². The normalized spacial score (nSPS) is 11.1. The fourth-order valence-corrected chi connectivity index (χ4v) is 3.17. The molecule has 0 spiro atoms. The topological polar surface area (TPSA) is 80.6 Å². The lowest BCUT2D eigenvalue weighted by Gasteiger charge is -2.10. The number of amides is 2. The van der Waals surface area contributed by atoms with Crippen LogP contribution in [0.25, 0.3) is 0 Å². The number of nitrogens with one attached hydrogen (secondary N) is 2. The van der Waals surface area contributed by atoms with Crippen LogP contribution < -0.4 is 15.4 Å². The number of rotatable bonds is 7. The Balaban J connectivity index is 1.37. The second-order valence-electron chi connectivity index (χ2n) is 7.58. The van der Waals surface area contributed by atoms with Crippen molar-refractivity contribution in [3.63, 3.8) is 0 Å². The fourth-order valence-electron chi connectivity index (χ4n) is 3.17. The number of carbonyl (C=O) groups is 2. The maximum absolute atomic E-state index is 13.0. The molecule has 0 saturated carbocycles. The van der Waals surface area contributed by atoms with E-state index in [0.29, 0.717) is 11.5 Å². The van der Waals surface area contributed by atoms with Crippen molar-refractivity contribution in [3.05, 3.63) is 113 Å². The molecule has 0 bridgehead atoms. The minimum atomic E-state index is -4.54. The first-order chi connectivity index (χ1) is 17.2. The minimum absolute atomic E-state index is 0.00785.